The number of nitrogens with two attached hydrogens (primary N) is 1. The zero-order chi connectivity index (χ0) is 14.5. The monoisotopic (exact) mass is 275 g/mol. The van der Waals surface area contributed by atoms with E-state index in [0.29, 0.717) is 6.61 Å². The van der Waals surface area contributed by atoms with Crippen molar-refractivity contribution in [2.75, 3.05) is 6.61 Å². The third-order valence-electron chi connectivity index (χ3n) is 3.61. The molecule has 0 heterocycles. The van der Waals surface area contributed by atoms with Crippen molar-refractivity contribution in [3.63, 3.8) is 0 Å². The Bertz CT molecular complexity index is 451. The zero-order valence-electron chi connectivity index (χ0n) is 12.7. The van der Waals surface area contributed by atoms with Crippen LogP contribution in [-0.4, -0.2) is 21.0 Å². The predicted molar refractivity (Wildman–Crippen MR) is 84.4 cm³/mol. The van der Waals surface area contributed by atoms with E-state index in [0.717, 1.165) is 5.56 Å². The highest BCUT2D eigenvalue weighted by Gasteiger charge is 2.37. The van der Waals surface area contributed by atoms with Crippen LogP contribution in [-0.2, 0) is 4.43 Å². The van der Waals surface area contributed by atoms with Gasteiger partial charge in [-0.05, 0) is 30.3 Å². The Labute approximate surface area is 118 Å². The van der Waals surface area contributed by atoms with Crippen LogP contribution in [0.1, 0.15) is 26.3 Å². The van der Waals surface area contributed by atoms with Crippen LogP contribution in [0.5, 0.6) is 0 Å². The molecule has 0 saturated carbocycles. The fraction of sp³-hybridized carbons (Fsp3) is 0.500. The molecule has 3 heteroatoms. The highest BCUT2D eigenvalue weighted by molar-refractivity contribution is 6.74. The topological polar surface area (TPSA) is 35.2 Å². The molecule has 1 aromatic carbocycles. The molecule has 0 spiro atoms. The molecule has 0 radical (unpaired) electrons. The van der Waals surface area contributed by atoms with E-state index in [1.54, 1.807) is 0 Å². The first-order valence-corrected chi connectivity index (χ1v) is 9.59. The largest absolute Gasteiger partial charge is 0.414 e. The maximum Gasteiger partial charge on any atom is 0.192 e. The lowest BCUT2D eigenvalue weighted by Gasteiger charge is -2.36. The van der Waals surface area contributed by atoms with Crippen molar-refractivity contribution in [2.45, 2.75) is 44.9 Å². The van der Waals surface area contributed by atoms with Gasteiger partial charge in [0.15, 0.2) is 8.32 Å². The van der Waals surface area contributed by atoms with Gasteiger partial charge < -0.3 is 10.2 Å². The SMILES string of the molecule is CC(C)(C)[Si](C)(C)OC[C@H](N)C#Cc1ccccc1. The van der Waals surface area contributed by atoms with E-state index in [9.17, 15) is 0 Å². The zero-order valence-corrected chi connectivity index (χ0v) is 13.7. The van der Waals surface area contributed by atoms with Crippen molar-refractivity contribution < 1.29 is 4.43 Å². The summed E-state index contributed by atoms with van der Waals surface area (Å²) in [7, 11) is -1.72. The molecule has 0 aliphatic heterocycles. The minimum absolute atomic E-state index is 0.208. The van der Waals surface area contributed by atoms with Crippen molar-refractivity contribution in [3.05, 3.63) is 35.9 Å². The van der Waals surface area contributed by atoms with Gasteiger partial charge in [0.05, 0.1) is 12.6 Å². The van der Waals surface area contributed by atoms with Crippen LogP contribution in [0.3, 0.4) is 0 Å². The Morgan fingerprint density at radius 1 is 1.21 bits per heavy atom. The summed E-state index contributed by atoms with van der Waals surface area (Å²) in [4.78, 5) is 0. The number of benzene rings is 1. The average molecular weight is 275 g/mol. The summed E-state index contributed by atoms with van der Waals surface area (Å²) in [6.45, 7) is 11.6. The molecule has 1 atom stereocenters. The van der Waals surface area contributed by atoms with E-state index in [-0.39, 0.29) is 11.1 Å². The van der Waals surface area contributed by atoms with Gasteiger partial charge in [0.2, 0.25) is 0 Å². The van der Waals surface area contributed by atoms with E-state index < -0.39 is 8.32 Å². The highest BCUT2D eigenvalue weighted by atomic mass is 28.4. The lowest BCUT2D eigenvalue weighted by molar-refractivity contribution is 0.281. The van der Waals surface area contributed by atoms with Crippen LogP contribution in [0.2, 0.25) is 18.1 Å². The van der Waals surface area contributed by atoms with Gasteiger partial charge in [0, 0.05) is 5.56 Å². The van der Waals surface area contributed by atoms with Crippen molar-refractivity contribution in [3.8, 4) is 11.8 Å². The molecule has 0 unspecified atom stereocenters. The molecule has 0 saturated heterocycles. The molecule has 1 aromatic rings. The molecule has 19 heavy (non-hydrogen) atoms. The van der Waals surface area contributed by atoms with E-state index in [2.05, 4.69) is 45.7 Å². The second-order valence-corrected chi connectivity index (χ2v) is 11.1. The summed E-state index contributed by atoms with van der Waals surface area (Å²) in [5.74, 6) is 6.13. The van der Waals surface area contributed by atoms with Crippen LogP contribution in [0, 0.1) is 11.8 Å². The lowest BCUT2D eigenvalue weighted by Crippen LogP contribution is -2.43. The molecule has 0 aromatic heterocycles. The third kappa shape index (κ3) is 5.20. The first-order valence-electron chi connectivity index (χ1n) is 6.68. The minimum atomic E-state index is -1.72. The van der Waals surface area contributed by atoms with Gasteiger partial charge in [0.1, 0.15) is 0 Å². The van der Waals surface area contributed by atoms with Gasteiger partial charge in [-0.1, -0.05) is 50.8 Å². The van der Waals surface area contributed by atoms with E-state index in [4.69, 9.17) is 10.2 Å². The Morgan fingerprint density at radius 3 is 2.32 bits per heavy atom. The fourth-order valence-electron chi connectivity index (χ4n) is 1.25. The van der Waals surface area contributed by atoms with Crippen LogP contribution >= 0.6 is 0 Å². The third-order valence-corrected chi connectivity index (χ3v) is 8.11. The second-order valence-electron chi connectivity index (χ2n) is 6.31. The summed E-state index contributed by atoms with van der Waals surface area (Å²) >= 11 is 0. The Morgan fingerprint density at radius 2 is 1.79 bits per heavy atom. The summed E-state index contributed by atoms with van der Waals surface area (Å²) in [5, 5.41) is 0.208. The molecular weight excluding hydrogens is 250 g/mol. The minimum Gasteiger partial charge on any atom is -0.414 e. The Kier molecular flexibility index (Phi) is 5.36. The maximum absolute atomic E-state index is 6.06. The first kappa shape index (κ1) is 16.0. The number of rotatable bonds is 3. The van der Waals surface area contributed by atoms with Gasteiger partial charge in [-0.15, -0.1) is 0 Å². The van der Waals surface area contributed by atoms with Gasteiger partial charge >= 0.3 is 0 Å². The van der Waals surface area contributed by atoms with Crippen LogP contribution in [0.25, 0.3) is 0 Å². The smallest absolute Gasteiger partial charge is 0.192 e. The molecule has 0 bridgehead atoms. The van der Waals surface area contributed by atoms with Crippen molar-refractivity contribution in [1.82, 2.24) is 0 Å². The quantitative estimate of drug-likeness (QED) is 0.678. The average Bonchev–Trinajstić information content (AvgIpc) is 2.34. The van der Waals surface area contributed by atoms with Gasteiger partial charge in [-0.2, -0.15) is 0 Å². The summed E-state index contributed by atoms with van der Waals surface area (Å²) in [5.41, 5.74) is 6.99. The van der Waals surface area contributed by atoms with E-state index in [1.807, 2.05) is 30.3 Å². The predicted octanol–water partition coefficient (Wildman–Crippen LogP) is 3.39. The summed E-state index contributed by atoms with van der Waals surface area (Å²) < 4.78 is 6.06. The number of hydrogen-bond donors (Lipinski definition) is 1. The van der Waals surface area contributed by atoms with E-state index >= 15 is 0 Å². The highest BCUT2D eigenvalue weighted by Crippen LogP contribution is 2.36. The van der Waals surface area contributed by atoms with Crippen molar-refractivity contribution >= 4 is 8.32 Å². The normalized spacial score (nSPS) is 13.6. The van der Waals surface area contributed by atoms with Gasteiger partial charge in [-0.3, -0.25) is 0 Å². The van der Waals surface area contributed by atoms with E-state index in [1.165, 1.54) is 0 Å². The Balaban J connectivity index is 2.54. The lowest BCUT2D eigenvalue weighted by atomic mass is 10.2. The summed E-state index contributed by atoms with van der Waals surface area (Å²) in [6.07, 6.45) is 0. The molecular formula is C16H25NOSi. The standard InChI is InChI=1S/C16H25NOSi/c1-16(2,3)19(4,5)18-13-15(17)12-11-14-9-7-6-8-10-14/h6-10,15H,13,17H2,1-5H3/t15-/m1/s1. The molecule has 0 aliphatic carbocycles. The first-order chi connectivity index (χ1) is 8.72. The van der Waals surface area contributed by atoms with Gasteiger partial charge in [0.25, 0.3) is 0 Å². The van der Waals surface area contributed by atoms with Gasteiger partial charge in [-0.25, -0.2) is 0 Å². The van der Waals surface area contributed by atoms with Crippen molar-refractivity contribution in [1.29, 1.82) is 0 Å². The number of hydrogen-bond acceptors (Lipinski definition) is 2. The molecule has 0 aliphatic rings. The van der Waals surface area contributed by atoms with Crippen molar-refractivity contribution in [2.24, 2.45) is 5.73 Å². The van der Waals surface area contributed by atoms with Crippen LogP contribution in [0.15, 0.2) is 30.3 Å². The summed E-state index contributed by atoms with van der Waals surface area (Å²) in [6, 6.07) is 9.66. The molecule has 2 N–H and O–H groups in total. The molecule has 0 fully saturated rings. The maximum atomic E-state index is 6.06. The molecule has 0 amide bonds. The van der Waals surface area contributed by atoms with Crippen LogP contribution in [0.4, 0.5) is 0 Å². The second kappa shape index (κ2) is 6.38. The Hall–Kier alpha value is -1.08. The van der Waals surface area contributed by atoms with Crippen LogP contribution < -0.4 is 5.73 Å². The molecule has 104 valence electrons. The molecule has 1 rings (SSSR count). The fourth-order valence-corrected chi connectivity index (χ4v) is 2.28. The molecule has 2 nitrogen and oxygen atoms in total.